The van der Waals surface area contributed by atoms with Crippen LogP contribution >= 0.6 is 37.7 Å². The van der Waals surface area contributed by atoms with Gasteiger partial charge in [-0.15, -0.1) is 17.0 Å². The second kappa shape index (κ2) is 17.3. The van der Waals surface area contributed by atoms with E-state index in [0.29, 0.717) is 0 Å². The van der Waals surface area contributed by atoms with Crippen LogP contribution in [0.5, 0.6) is 0 Å². The standard InChI is InChI=1S/C16H36P.BrH.H2S/c1-5-9-13-17(14-10-6-2,15-11-7-3)16-12-8-4;;/h5-16H2,1-4H3;1H;1H2/q+1;;. The third kappa shape index (κ3) is 12.7. The molecule has 0 unspecified atom stereocenters. The number of rotatable bonds is 12. The molecule has 0 fully saturated rings. The molecule has 0 saturated carbocycles. The summed E-state index contributed by atoms with van der Waals surface area (Å²) in [6, 6.07) is 0. The third-order valence-electron chi connectivity index (χ3n) is 3.94. The van der Waals surface area contributed by atoms with Gasteiger partial charge in [0.15, 0.2) is 0 Å². The quantitative estimate of drug-likeness (QED) is 0.326. The second-order valence-electron chi connectivity index (χ2n) is 5.65. The maximum Gasteiger partial charge on any atom is 0.0594 e. The predicted octanol–water partition coefficient (Wildman–Crippen LogP) is 6.90. The van der Waals surface area contributed by atoms with Gasteiger partial charge in [-0.2, -0.15) is 13.5 Å². The van der Waals surface area contributed by atoms with Gasteiger partial charge in [0.05, 0.1) is 24.6 Å². The Labute approximate surface area is 141 Å². The highest BCUT2D eigenvalue weighted by Gasteiger charge is 2.34. The lowest BCUT2D eigenvalue weighted by Crippen LogP contribution is -2.12. The van der Waals surface area contributed by atoms with Gasteiger partial charge in [0, 0.05) is 7.26 Å². The van der Waals surface area contributed by atoms with Crippen molar-refractivity contribution in [2.45, 2.75) is 79.1 Å². The molecular weight excluding hydrogens is 335 g/mol. The van der Waals surface area contributed by atoms with E-state index in [9.17, 15) is 0 Å². The summed E-state index contributed by atoms with van der Waals surface area (Å²) in [4.78, 5) is 0. The molecule has 0 radical (unpaired) electrons. The molecule has 0 bridgehead atoms. The molecule has 0 heterocycles. The van der Waals surface area contributed by atoms with Crippen molar-refractivity contribution < 1.29 is 0 Å². The van der Waals surface area contributed by atoms with E-state index >= 15 is 0 Å². The van der Waals surface area contributed by atoms with E-state index in [1.165, 1.54) is 51.4 Å². The van der Waals surface area contributed by atoms with Gasteiger partial charge in [-0.3, -0.25) is 0 Å². The first-order valence-corrected chi connectivity index (χ1v) is 10.6. The number of hydrogen-bond acceptors (Lipinski definition) is 0. The minimum atomic E-state index is -0.562. The average molecular weight is 374 g/mol. The summed E-state index contributed by atoms with van der Waals surface area (Å²) in [5.74, 6) is 0. The first kappa shape index (κ1) is 25.2. The SMILES string of the molecule is Br.CCCC[P+](CCCC)(CCCC)CCCC.S. The Hall–Kier alpha value is 1.26. The summed E-state index contributed by atoms with van der Waals surface area (Å²) in [6.45, 7) is 9.42. The van der Waals surface area contributed by atoms with Crippen LogP contribution in [0.3, 0.4) is 0 Å². The van der Waals surface area contributed by atoms with E-state index in [1.807, 2.05) is 0 Å². The van der Waals surface area contributed by atoms with Crippen molar-refractivity contribution in [1.82, 2.24) is 0 Å². The van der Waals surface area contributed by atoms with Crippen LogP contribution < -0.4 is 0 Å². The monoisotopic (exact) mass is 373 g/mol. The van der Waals surface area contributed by atoms with E-state index in [4.69, 9.17) is 0 Å². The normalized spacial score (nSPS) is 10.7. The summed E-state index contributed by atoms with van der Waals surface area (Å²) in [6.07, 6.45) is 17.9. The number of unbranched alkanes of at least 4 members (excludes halogenated alkanes) is 4. The van der Waals surface area contributed by atoms with E-state index in [0.717, 1.165) is 0 Å². The maximum absolute atomic E-state index is 2.36. The molecule has 0 aliphatic heterocycles. The summed E-state index contributed by atoms with van der Waals surface area (Å²) in [5.41, 5.74) is 0. The third-order valence-corrected chi connectivity index (χ3v) is 9.00. The van der Waals surface area contributed by atoms with Gasteiger partial charge in [0.25, 0.3) is 0 Å². The topological polar surface area (TPSA) is 0 Å². The zero-order chi connectivity index (χ0) is 13.0. The van der Waals surface area contributed by atoms with Crippen LogP contribution in [0.25, 0.3) is 0 Å². The van der Waals surface area contributed by atoms with Gasteiger partial charge in [-0.25, -0.2) is 0 Å². The molecule has 0 aliphatic rings. The first-order valence-electron chi connectivity index (χ1n) is 8.09. The minimum Gasteiger partial charge on any atom is -0.197 e. The molecule has 0 aromatic carbocycles. The minimum absolute atomic E-state index is 0. The fraction of sp³-hybridized carbons (Fsp3) is 1.00. The number of halogens is 1. The molecule has 120 valence electrons. The molecule has 0 spiro atoms. The van der Waals surface area contributed by atoms with Gasteiger partial charge in [-0.05, 0) is 25.7 Å². The van der Waals surface area contributed by atoms with Gasteiger partial charge >= 0.3 is 0 Å². The Morgan fingerprint density at radius 3 is 0.895 bits per heavy atom. The molecule has 0 N–H and O–H groups in total. The summed E-state index contributed by atoms with van der Waals surface area (Å²) in [5, 5.41) is 0. The largest absolute Gasteiger partial charge is 0.197 e. The Balaban J connectivity index is -0.00000128. The molecule has 3 heteroatoms. The lowest BCUT2D eigenvalue weighted by molar-refractivity contribution is 0.814. The van der Waals surface area contributed by atoms with E-state index < -0.39 is 7.26 Å². The summed E-state index contributed by atoms with van der Waals surface area (Å²) < 4.78 is 0. The van der Waals surface area contributed by atoms with Crippen molar-refractivity contribution in [3.63, 3.8) is 0 Å². The van der Waals surface area contributed by atoms with Gasteiger partial charge < -0.3 is 0 Å². The molecule has 0 rings (SSSR count). The van der Waals surface area contributed by atoms with Crippen molar-refractivity contribution in [3.05, 3.63) is 0 Å². The smallest absolute Gasteiger partial charge is 0.0594 e. The first-order chi connectivity index (χ1) is 8.24. The zero-order valence-corrected chi connectivity index (χ0v) is 17.4. The van der Waals surface area contributed by atoms with Crippen LogP contribution in [0.2, 0.25) is 0 Å². The molecule has 0 atom stereocenters. The summed E-state index contributed by atoms with van der Waals surface area (Å²) >= 11 is 0. The Bertz CT molecular complexity index is 127. The van der Waals surface area contributed by atoms with Gasteiger partial charge in [-0.1, -0.05) is 53.4 Å². The molecule has 0 nitrogen and oxygen atoms in total. The zero-order valence-electron chi connectivity index (χ0n) is 13.8. The average Bonchev–Trinajstić information content (AvgIpc) is 2.37. The van der Waals surface area contributed by atoms with Crippen LogP contribution in [0.4, 0.5) is 0 Å². The number of hydrogen-bond donors (Lipinski definition) is 0. The van der Waals surface area contributed by atoms with Crippen LogP contribution in [0.1, 0.15) is 79.1 Å². The Morgan fingerprint density at radius 1 is 0.526 bits per heavy atom. The van der Waals surface area contributed by atoms with Gasteiger partial charge in [0.2, 0.25) is 0 Å². The fourth-order valence-electron chi connectivity index (χ4n) is 2.64. The van der Waals surface area contributed by atoms with Crippen molar-refractivity contribution in [3.8, 4) is 0 Å². The van der Waals surface area contributed by atoms with Gasteiger partial charge in [0.1, 0.15) is 0 Å². The van der Waals surface area contributed by atoms with Crippen LogP contribution in [-0.2, 0) is 0 Å². The predicted molar refractivity (Wildman–Crippen MR) is 107 cm³/mol. The molecule has 0 aliphatic carbocycles. The van der Waals surface area contributed by atoms with E-state index in [2.05, 4.69) is 27.7 Å². The molecule has 0 aromatic rings. The fourth-order valence-corrected chi connectivity index (χ4v) is 7.93. The lowest BCUT2D eigenvalue weighted by Gasteiger charge is -2.28. The van der Waals surface area contributed by atoms with Crippen molar-refractivity contribution in [2.24, 2.45) is 0 Å². The van der Waals surface area contributed by atoms with Crippen LogP contribution in [-0.4, -0.2) is 24.6 Å². The van der Waals surface area contributed by atoms with E-state index in [-0.39, 0.29) is 30.5 Å². The van der Waals surface area contributed by atoms with Crippen molar-refractivity contribution in [1.29, 1.82) is 0 Å². The molecule has 0 amide bonds. The molecule has 0 aromatic heterocycles. The highest BCUT2D eigenvalue weighted by atomic mass is 79.9. The molecule has 0 saturated heterocycles. The lowest BCUT2D eigenvalue weighted by atomic mass is 10.4. The van der Waals surface area contributed by atoms with Crippen molar-refractivity contribution in [2.75, 3.05) is 24.6 Å². The Kier molecular flexibility index (Phi) is 23.0. The van der Waals surface area contributed by atoms with Crippen LogP contribution in [0.15, 0.2) is 0 Å². The highest BCUT2D eigenvalue weighted by Crippen LogP contribution is 2.61. The second-order valence-corrected chi connectivity index (χ2v) is 10.1. The Morgan fingerprint density at radius 2 is 0.737 bits per heavy atom. The highest BCUT2D eigenvalue weighted by molar-refractivity contribution is 8.93. The van der Waals surface area contributed by atoms with E-state index in [1.54, 1.807) is 24.6 Å². The summed E-state index contributed by atoms with van der Waals surface area (Å²) in [7, 11) is -0.562. The molecular formula is C16H39BrPS+. The van der Waals surface area contributed by atoms with Crippen LogP contribution in [0, 0.1) is 0 Å². The van der Waals surface area contributed by atoms with Crippen molar-refractivity contribution >= 4 is 37.7 Å². The molecule has 19 heavy (non-hydrogen) atoms. The maximum atomic E-state index is 2.36.